The minimum atomic E-state index is 0.667. The second kappa shape index (κ2) is 7.34. The molecular weight excluding hydrogens is 160 g/mol. The third-order valence-electron chi connectivity index (χ3n) is 2.46. The van der Waals surface area contributed by atoms with Crippen LogP contribution in [0.2, 0.25) is 0 Å². The largest absolute Gasteiger partial charge is 0.240 e. The fourth-order valence-electron chi connectivity index (χ4n) is 1.38. The molecule has 0 aliphatic heterocycles. The highest BCUT2D eigenvalue weighted by Gasteiger charge is 2.21. The molecule has 2 heteroatoms. The Balaban J connectivity index is 1.63. The van der Waals surface area contributed by atoms with Crippen molar-refractivity contribution in [2.75, 3.05) is 6.54 Å². The monoisotopic (exact) mass is 183 g/mol. The van der Waals surface area contributed by atoms with Gasteiger partial charge in [0.15, 0.2) is 0 Å². The average Bonchev–Trinajstić information content (AvgIpc) is 2.93. The van der Waals surface area contributed by atoms with Crippen LogP contribution < -0.4 is 10.9 Å². The van der Waals surface area contributed by atoms with Crippen LogP contribution in [0.15, 0.2) is 0 Å². The van der Waals surface area contributed by atoms with E-state index in [2.05, 4.69) is 17.8 Å². The summed E-state index contributed by atoms with van der Waals surface area (Å²) in [6, 6.07) is 0.667. The Morgan fingerprint density at radius 1 is 1.08 bits per heavy atom. The Bertz CT molecular complexity index is 111. The average molecular weight is 183 g/mol. The number of nitrogens with zero attached hydrogens (tertiary/aromatic N) is 1. The highest BCUT2D eigenvalue weighted by atomic mass is 15.4. The molecule has 1 N–H and O–H groups in total. The van der Waals surface area contributed by atoms with Gasteiger partial charge in [0.05, 0.1) is 0 Å². The van der Waals surface area contributed by atoms with Crippen LogP contribution in [0.25, 0.3) is 0 Å². The third-order valence-corrected chi connectivity index (χ3v) is 2.46. The van der Waals surface area contributed by atoms with Crippen molar-refractivity contribution in [1.82, 2.24) is 10.9 Å². The lowest BCUT2D eigenvalue weighted by Crippen LogP contribution is -2.27. The summed E-state index contributed by atoms with van der Waals surface area (Å²) < 4.78 is 0. The van der Waals surface area contributed by atoms with Crippen molar-refractivity contribution in [1.29, 1.82) is 0 Å². The van der Waals surface area contributed by atoms with Crippen LogP contribution in [0.5, 0.6) is 0 Å². The van der Waals surface area contributed by atoms with Gasteiger partial charge in [-0.2, -0.15) is 5.43 Å². The molecule has 77 valence electrons. The Hall–Kier alpha value is -0.0800. The van der Waals surface area contributed by atoms with Gasteiger partial charge in [-0.15, -0.1) is 0 Å². The van der Waals surface area contributed by atoms with Gasteiger partial charge in [-0.1, -0.05) is 39.0 Å². The van der Waals surface area contributed by atoms with Gasteiger partial charge in [0.2, 0.25) is 0 Å². The maximum Gasteiger partial charge on any atom is 0.0417 e. The summed E-state index contributed by atoms with van der Waals surface area (Å²) in [4.78, 5) is 0. The zero-order chi connectivity index (χ0) is 9.36. The molecule has 0 aromatic heterocycles. The molecule has 1 aliphatic carbocycles. The number of rotatable bonds is 9. The minimum Gasteiger partial charge on any atom is -0.240 e. The van der Waals surface area contributed by atoms with Crippen LogP contribution in [0, 0.1) is 0 Å². The minimum absolute atomic E-state index is 0.667. The van der Waals surface area contributed by atoms with Crippen LogP contribution >= 0.6 is 0 Å². The number of hydrogen-bond donors (Lipinski definition) is 1. The van der Waals surface area contributed by atoms with Crippen molar-refractivity contribution in [3.8, 4) is 0 Å². The van der Waals surface area contributed by atoms with Crippen LogP contribution in [0.1, 0.15) is 58.3 Å². The van der Waals surface area contributed by atoms with E-state index >= 15 is 0 Å². The highest BCUT2D eigenvalue weighted by molar-refractivity contribution is 4.78. The van der Waals surface area contributed by atoms with Crippen molar-refractivity contribution < 1.29 is 0 Å². The van der Waals surface area contributed by atoms with Crippen LogP contribution in [0.4, 0.5) is 0 Å². The molecule has 13 heavy (non-hydrogen) atoms. The molecule has 0 spiro atoms. The Kier molecular flexibility index (Phi) is 6.21. The second-order valence-corrected chi connectivity index (χ2v) is 4.04. The van der Waals surface area contributed by atoms with Gasteiger partial charge in [0, 0.05) is 12.6 Å². The smallest absolute Gasteiger partial charge is 0.0417 e. The fraction of sp³-hybridized carbons (Fsp3) is 1.00. The van der Waals surface area contributed by atoms with Crippen LogP contribution in [0.3, 0.4) is 0 Å². The molecule has 0 unspecified atom stereocenters. The van der Waals surface area contributed by atoms with Crippen LogP contribution in [-0.4, -0.2) is 12.6 Å². The highest BCUT2D eigenvalue weighted by Crippen LogP contribution is 2.18. The first-order chi connectivity index (χ1) is 6.43. The first kappa shape index (κ1) is 11.0. The Morgan fingerprint density at radius 3 is 2.46 bits per heavy atom. The van der Waals surface area contributed by atoms with Crippen molar-refractivity contribution in [3.05, 3.63) is 0 Å². The molecule has 0 amide bonds. The lowest BCUT2D eigenvalue weighted by molar-refractivity contribution is 0.487. The van der Waals surface area contributed by atoms with E-state index in [1.165, 1.54) is 51.4 Å². The van der Waals surface area contributed by atoms with E-state index in [1.54, 1.807) is 0 Å². The zero-order valence-corrected chi connectivity index (χ0v) is 8.89. The molecule has 1 rings (SSSR count). The van der Waals surface area contributed by atoms with Crippen molar-refractivity contribution in [2.24, 2.45) is 0 Å². The van der Waals surface area contributed by atoms with Gasteiger partial charge in [-0.3, -0.25) is 0 Å². The molecule has 0 bridgehead atoms. The topological polar surface area (TPSA) is 26.1 Å². The van der Waals surface area contributed by atoms with Crippen molar-refractivity contribution in [2.45, 2.75) is 64.3 Å². The Morgan fingerprint density at radius 2 is 1.77 bits per heavy atom. The zero-order valence-electron chi connectivity index (χ0n) is 8.89. The molecule has 0 saturated heterocycles. The molecule has 1 radical (unpaired) electrons. The lowest BCUT2D eigenvalue weighted by atomic mass is 10.1. The first-order valence-electron chi connectivity index (χ1n) is 5.86. The van der Waals surface area contributed by atoms with Gasteiger partial charge in [-0.25, -0.2) is 5.43 Å². The van der Waals surface area contributed by atoms with E-state index in [9.17, 15) is 0 Å². The number of unbranched alkanes of at least 4 members (excludes halogenated alkanes) is 5. The van der Waals surface area contributed by atoms with E-state index in [4.69, 9.17) is 0 Å². The molecular formula is C11H23N2. The Labute approximate surface area is 82.5 Å². The van der Waals surface area contributed by atoms with Gasteiger partial charge < -0.3 is 0 Å². The summed E-state index contributed by atoms with van der Waals surface area (Å²) in [5, 5.41) is 0. The predicted octanol–water partition coefficient (Wildman–Crippen LogP) is 2.62. The summed E-state index contributed by atoms with van der Waals surface area (Å²) >= 11 is 0. The van der Waals surface area contributed by atoms with E-state index < -0.39 is 0 Å². The van der Waals surface area contributed by atoms with Crippen molar-refractivity contribution in [3.63, 3.8) is 0 Å². The maximum absolute atomic E-state index is 4.32. The molecule has 0 heterocycles. The SMILES string of the molecule is CCCCCCCCN[N]C1CC1. The summed E-state index contributed by atoms with van der Waals surface area (Å²) in [5.74, 6) is 0. The standard InChI is InChI=1S/C11H23N2/c1-2-3-4-5-6-7-10-12-13-11-8-9-11/h11-12H,2-10H2,1H3. The summed E-state index contributed by atoms with van der Waals surface area (Å²) in [6.45, 7) is 3.35. The third kappa shape index (κ3) is 7.03. The van der Waals surface area contributed by atoms with E-state index in [0.717, 1.165) is 6.54 Å². The summed E-state index contributed by atoms with van der Waals surface area (Å²) in [5.41, 5.74) is 7.48. The molecule has 1 aliphatic rings. The molecule has 1 saturated carbocycles. The van der Waals surface area contributed by atoms with E-state index in [0.29, 0.717) is 6.04 Å². The van der Waals surface area contributed by atoms with Gasteiger partial charge in [0.25, 0.3) is 0 Å². The van der Waals surface area contributed by atoms with E-state index in [-0.39, 0.29) is 0 Å². The lowest BCUT2D eigenvalue weighted by Gasteiger charge is -2.02. The van der Waals surface area contributed by atoms with E-state index in [1.807, 2.05) is 0 Å². The number of nitrogens with one attached hydrogen (secondary N) is 1. The molecule has 0 aromatic carbocycles. The molecule has 0 atom stereocenters. The summed E-state index contributed by atoms with van der Waals surface area (Å²) in [7, 11) is 0. The predicted molar refractivity (Wildman–Crippen MR) is 56.5 cm³/mol. The van der Waals surface area contributed by atoms with Crippen LogP contribution in [-0.2, 0) is 0 Å². The van der Waals surface area contributed by atoms with Gasteiger partial charge >= 0.3 is 0 Å². The normalized spacial score (nSPS) is 16.4. The first-order valence-corrected chi connectivity index (χ1v) is 5.86. The second-order valence-electron chi connectivity index (χ2n) is 4.04. The quantitative estimate of drug-likeness (QED) is 0.431. The number of hydrogen-bond acceptors (Lipinski definition) is 1. The molecule has 0 aromatic rings. The van der Waals surface area contributed by atoms with Gasteiger partial charge in [-0.05, 0) is 19.3 Å². The van der Waals surface area contributed by atoms with Gasteiger partial charge in [0.1, 0.15) is 0 Å². The maximum atomic E-state index is 4.32. The summed E-state index contributed by atoms with van der Waals surface area (Å²) in [6.07, 6.45) is 10.8. The molecule has 1 fully saturated rings. The fourth-order valence-corrected chi connectivity index (χ4v) is 1.38. The van der Waals surface area contributed by atoms with Crippen molar-refractivity contribution >= 4 is 0 Å². The molecule has 2 nitrogen and oxygen atoms in total.